The summed E-state index contributed by atoms with van der Waals surface area (Å²) >= 11 is 0. The van der Waals surface area contributed by atoms with Crippen molar-refractivity contribution in [2.24, 2.45) is 0 Å². The third-order valence-electron chi connectivity index (χ3n) is 3.03. The molecule has 0 aliphatic carbocycles. The van der Waals surface area contributed by atoms with Crippen LogP contribution in [-0.4, -0.2) is 13.1 Å². The summed E-state index contributed by atoms with van der Waals surface area (Å²) in [7, 11) is 1.64. The van der Waals surface area contributed by atoms with Crippen molar-refractivity contribution in [3.63, 3.8) is 0 Å². The molecule has 2 aromatic carbocycles. The maximum absolute atomic E-state index is 11.3. The molecular formula is C17H18O3. The van der Waals surface area contributed by atoms with Crippen LogP contribution in [0.4, 0.5) is 0 Å². The lowest BCUT2D eigenvalue weighted by Gasteiger charge is -2.18. The minimum Gasteiger partial charge on any atom is -0.497 e. The van der Waals surface area contributed by atoms with Gasteiger partial charge in [0, 0.05) is 13.3 Å². The van der Waals surface area contributed by atoms with Gasteiger partial charge in [0.2, 0.25) is 0 Å². The van der Waals surface area contributed by atoms with Crippen molar-refractivity contribution in [3.8, 4) is 5.75 Å². The number of ether oxygens (including phenoxy) is 2. The van der Waals surface area contributed by atoms with Gasteiger partial charge in [0.25, 0.3) is 0 Å². The summed E-state index contributed by atoms with van der Waals surface area (Å²) in [5.74, 6) is 0.527. The lowest BCUT2D eigenvalue weighted by Crippen LogP contribution is -2.11. The van der Waals surface area contributed by atoms with E-state index >= 15 is 0 Å². The largest absolute Gasteiger partial charge is 0.497 e. The number of esters is 1. The fourth-order valence-corrected chi connectivity index (χ4v) is 2.11. The molecular weight excluding hydrogens is 252 g/mol. The second-order valence-corrected chi connectivity index (χ2v) is 4.56. The summed E-state index contributed by atoms with van der Waals surface area (Å²) < 4.78 is 10.6. The Hall–Kier alpha value is -2.29. The zero-order valence-electron chi connectivity index (χ0n) is 11.7. The van der Waals surface area contributed by atoms with Gasteiger partial charge in [-0.1, -0.05) is 42.5 Å². The molecule has 0 amide bonds. The number of methoxy groups -OCH3 is 1. The number of benzene rings is 2. The van der Waals surface area contributed by atoms with Gasteiger partial charge in [-0.05, 0) is 23.3 Å². The van der Waals surface area contributed by atoms with Crippen molar-refractivity contribution in [1.29, 1.82) is 0 Å². The van der Waals surface area contributed by atoms with Crippen LogP contribution in [0.1, 0.15) is 24.2 Å². The van der Waals surface area contributed by atoms with E-state index in [0.29, 0.717) is 6.42 Å². The summed E-state index contributed by atoms with van der Waals surface area (Å²) in [6.45, 7) is 1.43. The maximum Gasteiger partial charge on any atom is 0.303 e. The highest BCUT2D eigenvalue weighted by atomic mass is 16.5. The van der Waals surface area contributed by atoms with Gasteiger partial charge in [0.15, 0.2) is 0 Å². The first kappa shape index (κ1) is 14.1. The molecule has 0 N–H and O–H groups in total. The molecule has 20 heavy (non-hydrogen) atoms. The summed E-state index contributed by atoms with van der Waals surface area (Å²) in [5, 5.41) is 0. The molecule has 1 atom stereocenters. The van der Waals surface area contributed by atoms with Crippen molar-refractivity contribution in [3.05, 3.63) is 65.7 Å². The zero-order chi connectivity index (χ0) is 14.4. The Morgan fingerprint density at radius 3 is 2.50 bits per heavy atom. The van der Waals surface area contributed by atoms with Crippen molar-refractivity contribution in [1.82, 2.24) is 0 Å². The number of rotatable bonds is 5. The standard InChI is InChI=1S/C17H18O3/c1-13(18)20-17(15-8-4-3-5-9-15)12-14-7-6-10-16(11-14)19-2/h3-11,17H,12H2,1-2H3/t17-/m1/s1. The molecule has 0 aromatic heterocycles. The Labute approximate surface area is 119 Å². The fraction of sp³-hybridized carbons (Fsp3) is 0.235. The normalized spacial score (nSPS) is 11.7. The Bertz CT molecular complexity index is 563. The van der Waals surface area contributed by atoms with Crippen LogP contribution in [0.15, 0.2) is 54.6 Å². The molecule has 0 heterocycles. The molecule has 0 bridgehead atoms. The predicted molar refractivity (Wildman–Crippen MR) is 77.6 cm³/mol. The molecule has 0 saturated carbocycles. The first-order chi connectivity index (χ1) is 9.69. The highest BCUT2D eigenvalue weighted by molar-refractivity contribution is 5.66. The Morgan fingerprint density at radius 2 is 1.85 bits per heavy atom. The van der Waals surface area contributed by atoms with Gasteiger partial charge in [-0.25, -0.2) is 0 Å². The molecule has 104 valence electrons. The van der Waals surface area contributed by atoms with Crippen LogP contribution in [0.3, 0.4) is 0 Å². The molecule has 3 nitrogen and oxygen atoms in total. The van der Waals surface area contributed by atoms with Crippen LogP contribution in [0.5, 0.6) is 5.75 Å². The molecule has 2 rings (SSSR count). The monoisotopic (exact) mass is 270 g/mol. The molecule has 2 aromatic rings. The lowest BCUT2D eigenvalue weighted by atomic mass is 10.0. The van der Waals surface area contributed by atoms with Gasteiger partial charge >= 0.3 is 5.97 Å². The Kier molecular flexibility index (Phi) is 4.77. The SMILES string of the molecule is COc1cccc(C[C@@H](OC(C)=O)c2ccccc2)c1. The van der Waals surface area contributed by atoms with E-state index in [1.54, 1.807) is 7.11 Å². The molecule has 0 radical (unpaired) electrons. The molecule has 0 saturated heterocycles. The van der Waals surface area contributed by atoms with E-state index in [1.165, 1.54) is 6.92 Å². The Balaban J connectivity index is 2.21. The van der Waals surface area contributed by atoms with Crippen LogP contribution in [0, 0.1) is 0 Å². The highest BCUT2D eigenvalue weighted by Gasteiger charge is 2.15. The smallest absolute Gasteiger partial charge is 0.303 e. The molecule has 0 spiro atoms. The van der Waals surface area contributed by atoms with Gasteiger partial charge < -0.3 is 9.47 Å². The number of hydrogen-bond acceptors (Lipinski definition) is 3. The molecule has 3 heteroatoms. The average Bonchev–Trinajstić information content (AvgIpc) is 2.47. The topological polar surface area (TPSA) is 35.5 Å². The maximum atomic E-state index is 11.3. The van der Waals surface area contributed by atoms with Crippen LogP contribution in [0.25, 0.3) is 0 Å². The van der Waals surface area contributed by atoms with Crippen molar-refractivity contribution < 1.29 is 14.3 Å². The van der Waals surface area contributed by atoms with Crippen LogP contribution in [0.2, 0.25) is 0 Å². The van der Waals surface area contributed by atoms with E-state index in [1.807, 2.05) is 54.6 Å². The number of carbonyl (C=O) groups is 1. The second-order valence-electron chi connectivity index (χ2n) is 4.56. The minimum absolute atomic E-state index is 0.276. The summed E-state index contributed by atoms with van der Waals surface area (Å²) in [6, 6.07) is 17.6. The summed E-state index contributed by atoms with van der Waals surface area (Å²) in [5.41, 5.74) is 2.06. The van der Waals surface area contributed by atoms with Crippen molar-refractivity contribution in [2.45, 2.75) is 19.4 Å². The van der Waals surface area contributed by atoms with Gasteiger partial charge in [-0.15, -0.1) is 0 Å². The van der Waals surface area contributed by atoms with E-state index in [2.05, 4.69) is 0 Å². The third kappa shape index (κ3) is 3.85. The van der Waals surface area contributed by atoms with Crippen LogP contribution < -0.4 is 4.74 Å². The fourth-order valence-electron chi connectivity index (χ4n) is 2.11. The quantitative estimate of drug-likeness (QED) is 0.779. The first-order valence-electron chi connectivity index (χ1n) is 6.54. The van der Waals surface area contributed by atoms with E-state index in [4.69, 9.17) is 9.47 Å². The van der Waals surface area contributed by atoms with E-state index in [9.17, 15) is 4.79 Å². The van der Waals surface area contributed by atoms with E-state index in [-0.39, 0.29) is 12.1 Å². The van der Waals surface area contributed by atoms with Crippen molar-refractivity contribution in [2.75, 3.05) is 7.11 Å². The van der Waals surface area contributed by atoms with Crippen LogP contribution >= 0.6 is 0 Å². The molecule has 0 aliphatic rings. The number of hydrogen-bond donors (Lipinski definition) is 0. The number of carbonyl (C=O) groups excluding carboxylic acids is 1. The summed E-state index contributed by atoms with van der Waals surface area (Å²) in [4.78, 5) is 11.3. The summed E-state index contributed by atoms with van der Waals surface area (Å²) in [6.07, 6.45) is 0.349. The second kappa shape index (κ2) is 6.75. The van der Waals surface area contributed by atoms with Crippen LogP contribution in [-0.2, 0) is 16.0 Å². The molecule has 0 aliphatic heterocycles. The van der Waals surface area contributed by atoms with Crippen molar-refractivity contribution >= 4 is 5.97 Å². The van der Waals surface area contributed by atoms with E-state index in [0.717, 1.165) is 16.9 Å². The highest BCUT2D eigenvalue weighted by Crippen LogP contribution is 2.24. The molecule has 0 unspecified atom stereocenters. The van der Waals surface area contributed by atoms with Gasteiger partial charge in [-0.2, -0.15) is 0 Å². The van der Waals surface area contributed by atoms with Gasteiger partial charge in [0.05, 0.1) is 7.11 Å². The third-order valence-corrected chi connectivity index (χ3v) is 3.03. The van der Waals surface area contributed by atoms with E-state index < -0.39 is 0 Å². The van der Waals surface area contributed by atoms with Gasteiger partial charge in [0.1, 0.15) is 11.9 Å². The lowest BCUT2D eigenvalue weighted by molar-refractivity contribution is -0.146. The minimum atomic E-state index is -0.277. The van der Waals surface area contributed by atoms with Gasteiger partial charge in [-0.3, -0.25) is 4.79 Å². The molecule has 0 fully saturated rings. The average molecular weight is 270 g/mol. The zero-order valence-corrected chi connectivity index (χ0v) is 11.7. The first-order valence-corrected chi connectivity index (χ1v) is 6.54. The predicted octanol–water partition coefficient (Wildman–Crippen LogP) is 3.54. The Morgan fingerprint density at radius 1 is 1.10 bits per heavy atom.